The zero-order chi connectivity index (χ0) is 14.9. The van der Waals surface area contributed by atoms with Crippen molar-refractivity contribution in [3.05, 3.63) is 0 Å². The normalized spacial score (nSPS) is 28.7. The molecule has 1 aliphatic carbocycles. The van der Waals surface area contributed by atoms with E-state index in [1.165, 1.54) is 51.5 Å². The Morgan fingerprint density at radius 1 is 1.00 bits per heavy atom. The first-order valence-corrected chi connectivity index (χ1v) is 8.87. The largest absolute Gasteiger partial charge is 0.338 e. The lowest BCUT2D eigenvalue weighted by atomic mass is 9.92. The summed E-state index contributed by atoms with van der Waals surface area (Å²) in [6, 6.07) is 1.15. The molecule has 1 N–H and O–H groups in total. The molecule has 4 nitrogen and oxygen atoms in total. The summed E-state index contributed by atoms with van der Waals surface area (Å²) in [5.41, 5.74) is -0.414. The summed E-state index contributed by atoms with van der Waals surface area (Å²) in [6.45, 7) is 8.29. The fourth-order valence-electron chi connectivity index (χ4n) is 4.39. The van der Waals surface area contributed by atoms with Gasteiger partial charge in [-0.3, -0.25) is 9.69 Å². The number of carbonyl (C=O) groups is 1. The predicted octanol–water partition coefficient (Wildman–Crippen LogP) is 1.99. The van der Waals surface area contributed by atoms with E-state index < -0.39 is 5.54 Å². The van der Waals surface area contributed by atoms with Gasteiger partial charge in [-0.25, -0.2) is 0 Å². The number of carbonyl (C=O) groups excluding carboxylic acids is 1. The molecule has 1 amide bonds. The van der Waals surface area contributed by atoms with Gasteiger partial charge >= 0.3 is 0 Å². The SMILES string of the molecule is CC(C)(NC1CCCCC1)C(=O)N1CCN2CCCC2C1. The number of nitrogens with one attached hydrogen (secondary N) is 1. The molecule has 3 aliphatic rings. The Morgan fingerprint density at radius 2 is 1.76 bits per heavy atom. The summed E-state index contributed by atoms with van der Waals surface area (Å²) in [7, 11) is 0. The highest BCUT2D eigenvalue weighted by atomic mass is 16.2. The smallest absolute Gasteiger partial charge is 0.242 e. The van der Waals surface area contributed by atoms with Gasteiger partial charge in [0, 0.05) is 31.7 Å². The van der Waals surface area contributed by atoms with Crippen LogP contribution in [0.3, 0.4) is 0 Å². The minimum atomic E-state index is -0.414. The van der Waals surface area contributed by atoms with Gasteiger partial charge in [0.05, 0.1) is 5.54 Å². The molecule has 21 heavy (non-hydrogen) atoms. The quantitative estimate of drug-likeness (QED) is 0.864. The standard InChI is InChI=1S/C17H31N3O/c1-17(2,18-14-7-4-3-5-8-14)16(21)20-12-11-19-10-6-9-15(19)13-20/h14-15,18H,3-13H2,1-2H3. The summed E-state index contributed by atoms with van der Waals surface area (Å²) in [5.74, 6) is 0.305. The highest BCUT2D eigenvalue weighted by molar-refractivity contribution is 5.85. The molecule has 3 rings (SSSR count). The van der Waals surface area contributed by atoms with Crippen molar-refractivity contribution < 1.29 is 4.79 Å². The molecule has 4 heteroatoms. The Hall–Kier alpha value is -0.610. The van der Waals surface area contributed by atoms with Gasteiger partial charge in [-0.05, 0) is 46.1 Å². The zero-order valence-corrected chi connectivity index (χ0v) is 13.7. The van der Waals surface area contributed by atoms with Gasteiger partial charge in [-0.1, -0.05) is 19.3 Å². The second kappa shape index (κ2) is 6.25. The third-order valence-corrected chi connectivity index (χ3v) is 5.58. The first-order valence-electron chi connectivity index (χ1n) is 8.87. The van der Waals surface area contributed by atoms with E-state index in [4.69, 9.17) is 0 Å². The Kier molecular flexibility index (Phi) is 4.55. The van der Waals surface area contributed by atoms with Crippen molar-refractivity contribution in [2.45, 2.75) is 76.4 Å². The summed E-state index contributed by atoms with van der Waals surface area (Å²) in [6.07, 6.45) is 9.00. The summed E-state index contributed by atoms with van der Waals surface area (Å²) < 4.78 is 0. The number of nitrogens with zero attached hydrogens (tertiary/aromatic N) is 2. The van der Waals surface area contributed by atoms with Crippen LogP contribution in [0.15, 0.2) is 0 Å². The van der Waals surface area contributed by atoms with Gasteiger partial charge in [0.2, 0.25) is 5.91 Å². The van der Waals surface area contributed by atoms with Gasteiger partial charge in [0.15, 0.2) is 0 Å². The van der Waals surface area contributed by atoms with Crippen LogP contribution in [-0.4, -0.2) is 59.5 Å². The molecule has 2 saturated heterocycles. The van der Waals surface area contributed by atoms with Gasteiger partial charge < -0.3 is 10.2 Å². The van der Waals surface area contributed by atoms with Crippen LogP contribution >= 0.6 is 0 Å². The topological polar surface area (TPSA) is 35.6 Å². The Labute approximate surface area is 129 Å². The molecule has 0 aromatic heterocycles. The molecule has 1 unspecified atom stereocenters. The summed E-state index contributed by atoms with van der Waals surface area (Å²) in [5, 5.41) is 3.65. The first kappa shape index (κ1) is 15.3. The third-order valence-electron chi connectivity index (χ3n) is 5.58. The zero-order valence-electron chi connectivity index (χ0n) is 13.7. The molecule has 3 fully saturated rings. The van der Waals surface area contributed by atoms with Crippen LogP contribution in [0, 0.1) is 0 Å². The summed E-state index contributed by atoms with van der Waals surface area (Å²) >= 11 is 0. The fourth-order valence-corrected chi connectivity index (χ4v) is 4.39. The number of rotatable bonds is 3. The maximum absolute atomic E-state index is 12.9. The van der Waals surface area contributed by atoms with Crippen molar-refractivity contribution in [2.24, 2.45) is 0 Å². The summed E-state index contributed by atoms with van der Waals surface area (Å²) in [4.78, 5) is 17.6. The maximum Gasteiger partial charge on any atom is 0.242 e. The number of piperazine rings is 1. The van der Waals surface area contributed by atoms with E-state index in [9.17, 15) is 4.79 Å². The minimum Gasteiger partial charge on any atom is -0.338 e. The van der Waals surface area contributed by atoms with Gasteiger partial charge in [0.25, 0.3) is 0 Å². The first-order chi connectivity index (χ1) is 10.1. The van der Waals surface area contributed by atoms with E-state index in [1.54, 1.807) is 0 Å². The van der Waals surface area contributed by atoms with Crippen LogP contribution in [0.25, 0.3) is 0 Å². The van der Waals surface area contributed by atoms with Crippen LogP contribution in [0.1, 0.15) is 58.8 Å². The Morgan fingerprint density at radius 3 is 2.52 bits per heavy atom. The average molecular weight is 293 g/mol. The molecule has 0 bridgehead atoms. The molecule has 2 aliphatic heterocycles. The van der Waals surface area contributed by atoms with Crippen molar-refractivity contribution in [3.8, 4) is 0 Å². The van der Waals surface area contributed by atoms with Crippen LogP contribution in [0.2, 0.25) is 0 Å². The highest BCUT2D eigenvalue weighted by Crippen LogP contribution is 2.24. The Balaban J connectivity index is 1.57. The van der Waals surface area contributed by atoms with E-state index >= 15 is 0 Å². The molecule has 0 aromatic rings. The van der Waals surface area contributed by atoms with E-state index in [1.807, 2.05) is 0 Å². The average Bonchev–Trinajstić information content (AvgIpc) is 2.94. The molecule has 0 aromatic carbocycles. The van der Waals surface area contributed by atoms with Crippen LogP contribution in [0.4, 0.5) is 0 Å². The molecular weight excluding hydrogens is 262 g/mol. The monoisotopic (exact) mass is 293 g/mol. The fraction of sp³-hybridized carbons (Fsp3) is 0.941. The molecule has 120 valence electrons. The number of amides is 1. The van der Waals surface area contributed by atoms with Crippen LogP contribution < -0.4 is 5.32 Å². The molecule has 2 heterocycles. The van der Waals surface area contributed by atoms with Gasteiger partial charge in [-0.15, -0.1) is 0 Å². The van der Waals surface area contributed by atoms with Crippen LogP contribution in [0.5, 0.6) is 0 Å². The van der Waals surface area contributed by atoms with Gasteiger partial charge in [-0.2, -0.15) is 0 Å². The number of hydrogen-bond acceptors (Lipinski definition) is 3. The van der Waals surface area contributed by atoms with E-state index in [-0.39, 0.29) is 0 Å². The number of hydrogen-bond donors (Lipinski definition) is 1. The lowest BCUT2D eigenvalue weighted by Gasteiger charge is -2.42. The van der Waals surface area contributed by atoms with Crippen molar-refractivity contribution in [3.63, 3.8) is 0 Å². The van der Waals surface area contributed by atoms with Crippen molar-refractivity contribution in [1.82, 2.24) is 15.1 Å². The van der Waals surface area contributed by atoms with Crippen LogP contribution in [-0.2, 0) is 4.79 Å². The predicted molar refractivity (Wildman–Crippen MR) is 85.3 cm³/mol. The van der Waals surface area contributed by atoms with Crippen molar-refractivity contribution in [2.75, 3.05) is 26.2 Å². The second-order valence-electron chi connectivity index (χ2n) is 7.69. The maximum atomic E-state index is 12.9. The molecule has 0 radical (unpaired) electrons. The van der Waals surface area contributed by atoms with E-state index in [0.29, 0.717) is 18.0 Å². The lowest BCUT2D eigenvalue weighted by molar-refractivity contribution is -0.140. The molecule has 1 atom stereocenters. The van der Waals surface area contributed by atoms with Crippen molar-refractivity contribution >= 4 is 5.91 Å². The van der Waals surface area contributed by atoms with E-state index in [2.05, 4.69) is 29.0 Å². The van der Waals surface area contributed by atoms with Crippen molar-refractivity contribution in [1.29, 1.82) is 0 Å². The van der Waals surface area contributed by atoms with Gasteiger partial charge in [0.1, 0.15) is 0 Å². The number of fused-ring (bicyclic) bond motifs is 1. The third kappa shape index (κ3) is 3.42. The second-order valence-corrected chi connectivity index (χ2v) is 7.69. The Bertz CT molecular complexity index is 376. The van der Waals surface area contributed by atoms with E-state index in [0.717, 1.165) is 19.6 Å². The molecule has 1 saturated carbocycles. The lowest BCUT2D eigenvalue weighted by Crippen LogP contribution is -2.61. The molecular formula is C17H31N3O. The minimum absolute atomic E-state index is 0.305. The highest BCUT2D eigenvalue weighted by Gasteiger charge is 2.38. The molecule has 0 spiro atoms.